The zero-order valence-corrected chi connectivity index (χ0v) is 5.85. The van der Waals surface area contributed by atoms with Crippen LogP contribution in [0.15, 0.2) is 0 Å². The van der Waals surface area contributed by atoms with Gasteiger partial charge in [0.1, 0.15) is 10.7 Å². The lowest BCUT2D eigenvalue weighted by atomic mass is 10.5. The molecule has 0 aromatic rings. The zero-order valence-electron chi connectivity index (χ0n) is 4.96. The third kappa shape index (κ3) is 3.96. The van der Waals surface area contributed by atoms with Crippen molar-refractivity contribution >= 4 is 17.1 Å². The van der Waals surface area contributed by atoms with Crippen LogP contribution in [0.2, 0.25) is 0 Å². The summed E-state index contributed by atoms with van der Waals surface area (Å²) in [6, 6.07) is 0. The smallest absolute Gasteiger partial charge is 0.309 e. The lowest BCUT2D eigenvalue weighted by Crippen LogP contribution is -2.24. The van der Waals surface area contributed by atoms with E-state index in [1.165, 1.54) is 13.3 Å². The molecule has 1 atom stereocenters. The molecule has 0 aromatic carbocycles. The van der Waals surface area contributed by atoms with Crippen LogP contribution in [0, 0.1) is 0 Å². The van der Waals surface area contributed by atoms with Crippen molar-refractivity contribution in [3.05, 3.63) is 0 Å². The summed E-state index contributed by atoms with van der Waals surface area (Å²) < 4.78 is 20.1. The number of hydrogen-bond donors (Lipinski definition) is 2. The van der Waals surface area contributed by atoms with Gasteiger partial charge < -0.3 is 5.32 Å². The first-order chi connectivity index (χ1) is 4.18. The molecule has 0 spiro atoms. The Morgan fingerprint density at radius 1 is 1.67 bits per heavy atom. The molecule has 4 nitrogen and oxygen atoms in total. The molecule has 9 heavy (non-hydrogen) atoms. The largest absolute Gasteiger partial charge is 0.347 e. The van der Waals surface area contributed by atoms with Gasteiger partial charge in [-0.3, -0.25) is 4.79 Å². The van der Waals surface area contributed by atoms with Gasteiger partial charge in [0, 0.05) is 6.54 Å². The van der Waals surface area contributed by atoms with Gasteiger partial charge in [0.25, 0.3) is 0 Å². The summed E-state index contributed by atoms with van der Waals surface area (Å²) in [5.74, 6) is 0. The number of hydrogen-bond acceptors (Lipinski definition) is 3. The minimum atomic E-state index is -2.41. The van der Waals surface area contributed by atoms with Crippen molar-refractivity contribution in [2.24, 2.45) is 0 Å². The fourth-order valence-corrected chi connectivity index (χ4v) is 0.504. The Bertz CT molecular complexity index is 146. The van der Waals surface area contributed by atoms with Crippen LogP contribution in [-0.2, 0) is 15.5 Å². The molecule has 1 N–H and O–H groups in total. The quantitative estimate of drug-likeness (QED) is 0.384. The number of carbonyl (C=O) groups excluding carboxylic acids is 1. The maximum absolute atomic E-state index is 10.1. The minimum Gasteiger partial charge on any atom is -0.347 e. The van der Waals surface area contributed by atoms with Crippen molar-refractivity contribution < 1.29 is 13.2 Å². The van der Waals surface area contributed by atoms with Crippen LogP contribution in [0.1, 0.15) is 6.92 Å². The Labute approximate surface area is 55.2 Å². The van der Waals surface area contributed by atoms with Crippen molar-refractivity contribution in [1.29, 1.82) is 0 Å². The maximum atomic E-state index is 10.1. The zero-order chi connectivity index (χ0) is 7.28. The van der Waals surface area contributed by atoms with Crippen LogP contribution in [0.5, 0.6) is 0 Å². The molecular weight excluding hydrogens is 142 g/mol. The summed E-state index contributed by atoms with van der Waals surface area (Å²) >= 11 is 0. The average molecular weight is 150 g/mol. The Balaban J connectivity index is 3.50. The van der Waals surface area contributed by atoms with E-state index in [0.717, 1.165) is 0 Å². The van der Waals surface area contributed by atoms with Gasteiger partial charge in [-0.05, 0) is 6.92 Å². The second-order valence-corrected chi connectivity index (χ2v) is 3.07. The highest BCUT2D eigenvalue weighted by Gasteiger charge is 2.01. The molecular formula is C4H8NO3S. The molecule has 0 heterocycles. The molecule has 1 radical (unpaired) electrons. The number of rotatable bonds is 4. The fraction of sp³-hybridized carbons (Fsp3) is 0.750. The van der Waals surface area contributed by atoms with E-state index in [1.807, 2.05) is 0 Å². The Morgan fingerprint density at radius 2 is 2.22 bits per heavy atom. The van der Waals surface area contributed by atoms with Gasteiger partial charge in [-0.25, -0.2) is 8.42 Å². The van der Waals surface area contributed by atoms with Crippen LogP contribution >= 0.6 is 0 Å². The van der Waals surface area contributed by atoms with E-state index in [2.05, 4.69) is 5.32 Å². The normalized spacial score (nSPS) is 13.1. The van der Waals surface area contributed by atoms with Crippen LogP contribution in [0.4, 0.5) is 0 Å². The van der Waals surface area contributed by atoms with E-state index in [1.54, 1.807) is 0 Å². The highest BCUT2D eigenvalue weighted by atomic mass is 32.2. The van der Waals surface area contributed by atoms with Gasteiger partial charge in [0.15, 0.2) is 0 Å². The van der Waals surface area contributed by atoms with Crippen molar-refractivity contribution in [2.75, 3.05) is 6.54 Å². The topological polar surface area (TPSA) is 63.2 Å². The van der Waals surface area contributed by atoms with E-state index in [-0.39, 0.29) is 6.54 Å². The predicted octanol–water partition coefficient (Wildman–Crippen LogP) is -1.36. The summed E-state index contributed by atoms with van der Waals surface area (Å²) in [5, 5.41) is 1.64. The molecule has 0 rings (SSSR count). The van der Waals surface area contributed by atoms with E-state index >= 15 is 0 Å². The first kappa shape index (κ1) is 8.42. The van der Waals surface area contributed by atoms with E-state index < -0.39 is 16.0 Å². The van der Waals surface area contributed by atoms with Gasteiger partial charge in [-0.2, -0.15) is 0 Å². The average Bonchev–Trinajstić information content (AvgIpc) is 1.82. The summed E-state index contributed by atoms with van der Waals surface area (Å²) in [6.45, 7) is 1.65. The molecule has 0 aromatic heterocycles. The number of thiol groups is 1. The molecule has 0 aliphatic rings. The first-order valence-electron chi connectivity index (χ1n) is 2.42. The van der Waals surface area contributed by atoms with Crippen molar-refractivity contribution in [2.45, 2.75) is 12.2 Å². The molecule has 1 amide bonds. The van der Waals surface area contributed by atoms with Crippen molar-refractivity contribution in [3.8, 4) is 0 Å². The molecule has 0 aliphatic heterocycles. The van der Waals surface area contributed by atoms with Gasteiger partial charge in [0.05, 0.1) is 5.25 Å². The predicted molar refractivity (Wildman–Crippen MR) is 33.5 cm³/mol. The van der Waals surface area contributed by atoms with Gasteiger partial charge in [-0.15, -0.1) is 0 Å². The lowest BCUT2D eigenvalue weighted by Gasteiger charge is -1.98. The standard InChI is InChI=1S/C4H8NO3S/c1-4(9(7)8)2-5-3-6/h4,9H,2H2,1H3,(H,5,6). The second-order valence-electron chi connectivity index (χ2n) is 1.62. The molecule has 0 fully saturated rings. The Kier molecular flexibility index (Phi) is 4.04. The van der Waals surface area contributed by atoms with Gasteiger partial charge >= 0.3 is 6.41 Å². The van der Waals surface area contributed by atoms with Crippen LogP contribution in [0.25, 0.3) is 0 Å². The SMILES string of the molecule is CC(CN[C]=O)[SH](=O)=O. The summed E-state index contributed by atoms with van der Waals surface area (Å²) in [7, 11) is -2.41. The monoisotopic (exact) mass is 150 g/mol. The van der Waals surface area contributed by atoms with E-state index in [4.69, 9.17) is 0 Å². The van der Waals surface area contributed by atoms with Crippen molar-refractivity contribution in [1.82, 2.24) is 5.32 Å². The van der Waals surface area contributed by atoms with Crippen molar-refractivity contribution in [3.63, 3.8) is 0 Å². The Hall–Kier alpha value is -0.580. The Morgan fingerprint density at radius 3 is 2.56 bits per heavy atom. The number of amides is 1. The lowest BCUT2D eigenvalue weighted by molar-refractivity contribution is 0.540. The number of nitrogens with one attached hydrogen (secondary N) is 1. The maximum Gasteiger partial charge on any atom is 0.309 e. The molecule has 0 bridgehead atoms. The summed E-state index contributed by atoms with van der Waals surface area (Å²) in [5.41, 5.74) is 0. The first-order valence-corrected chi connectivity index (χ1v) is 3.66. The molecule has 5 heteroatoms. The van der Waals surface area contributed by atoms with E-state index in [0.29, 0.717) is 0 Å². The van der Waals surface area contributed by atoms with Gasteiger partial charge in [-0.1, -0.05) is 0 Å². The second kappa shape index (κ2) is 4.31. The molecule has 53 valence electrons. The third-order valence-corrected chi connectivity index (χ3v) is 1.73. The molecule has 0 saturated heterocycles. The van der Waals surface area contributed by atoms with Crippen LogP contribution in [-0.4, -0.2) is 26.6 Å². The van der Waals surface area contributed by atoms with Gasteiger partial charge in [0.2, 0.25) is 0 Å². The summed E-state index contributed by atoms with van der Waals surface area (Å²) in [4.78, 5) is 9.50. The fourth-order valence-electron chi connectivity index (χ4n) is 0.264. The van der Waals surface area contributed by atoms with E-state index in [9.17, 15) is 13.2 Å². The van der Waals surface area contributed by atoms with Crippen LogP contribution in [0.3, 0.4) is 0 Å². The summed E-state index contributed by atoms with van der Waals surface area (Å²) in [6.07, 6.45) is 1.39. The highest BCUT2D eigenvalue weighted by Crippen LogP contribution is 1.81. The highest BCUT2D eigenvalue weighted by molar-refractivity contribution is 7.73. The van der Waals surface area contributed by atoms with Crippen LogP contribution < -0.4 is 5.32 Å². The minimum absolute atomic E-state index is 0.141. The third-order valence-electron chi connectivity index (χ3n) is 0.830. The molecule has 0 aliphatic carbocycles. The molecule has 0 saturated carbocycles. The molecule has 1 unspecified atom stereocenters.